The van der Waals surface area contributed by atoms with Crippen LogP contribution >= 0.6 is 0 Å². The molecule has 4 aromatic carbocycles. The molecular weight excluding hydrogens is 584 g/mol. The number of hydrogen-bond donors (Lipinski definition) is 4. The summed E-state index contributed by atoms with van der Waals surface area (Å²) in [4.78, 5) is -1.74. The van der Waals surface area contributed by atoms with Crippen molar-refractivity contribution in [2.24, 2.45) is 20.5 Å². The van der Waals surface area contributed by atoms with Gasteiger partial charge < -0.3 is 26.9 Å². The third-order valence-electron chi connectivity index (χ3n) is 5.16. The van der Waals surface area contributed by atoms with Crippen LogP contribution in [0.4, 0.5) is 39.8 Å². The van der Waals surface area contributed by atoms with Gasteiger partial charge in [-0.2, -0.15) is 18.6 Å². The van der Waals surface area contributed by atoms with Crippen molar-refractivity contribution in [1.29, 1.82) is 0 Å². The van der Waals surface area contributed by atoms with E-state index in [2.05, 4.69) is 20.5 Å². The predicted octanol–water partition coefficient (Wildman–Crippen LogP) is -2.35. The molecule has 0 atom stereocenters. The number of fused-ring (bicyclic) bond motifs is 1. The first-order valence-electron chi connectivity index (χ1n) is 10.3. The monoisotopic (exact) mass is 601 g/mol. The van der Waals surface area contributed by atoms with E-state index in [1.54, 1.807) is 12.1 Å². The summed E-state index contributed by atoms with van der Waals surface area (Å²) in [6.07, 6.45) is 0. The standard InChI is InChI=1S/C22H19N7O7S2.2Na/c23-12-1-6-17(16(24)9-12)28-26-13-2-4-14(5-3-13)27-29-22-19(38(34,35)36)8-11-7-15(37(31,32)33)10-18(30)20(11)21(22)25;;/h1-10,30H,23-25H2,(H,31,32,33)(H,34,35,36);;/q;2*+1/p-2. The molecule has 0 bridgehead atoms. The maximum Gasteiger partial charge on any atom is 1.00 e. The van der Waals surface area contributed by atoms with Gasteiger partial charge in [0.2, 0.25) is 0 Å². The fraction of sp³-hybridized carbons (Fsp3) is 0. The Balaban J connectivity index is 0.00000280. The van der Waals surface area contributed by atoms with Crippen LogP contribution in [0.3, 0.4) is 0 Å². The summed E-state index contributed by atoms with van der Waals surface area (Å²) >= 11 is 0. The van der Waals surface area contributed by atoms with Crippen LogP contribution < -0.4 is 81.4 Å². The SMILES string of the molecule is Nc1ccc(N=Nc2ccc(N=Nc3c(S(=O)(=O)O)cc4cc(S(=O)(=O)[O-])cc([O-])c4c3N)cc2)c(N)c1.[Na+].[Na+]. The van der Waals surface area contributed by atoms with Crippen molar-refractivity contribution >= 4 is 70.8 Å². The first-order chi connectivity index (χ1) is 17.7. The molecule has 40 heavy (non-hydrogen) atoms. The molecular formula is C22H17N7Na2O7S2. The third-order valence-corrected chi connectivity index (χ3v) is 6.84. The Morgan fingerprint density at radius 1 is 0.750 bits per heavy atom. The molecule has 0 spiro atoms. The second kappa shape index (κ2) is 12.9. The van der Waals surface area contributed by atoms with E-state index < -0.39 is 47.2 Å². The Morgan fingerprint density at radius 3 is 1.85 bits per heavy atom. The van der Waals surface area contributed by atoms with Crippen molar-refractivity contribution in [3.8, 4) is 5.75 Å². The van der Waals surface area contributed by atoms with E-state index in [4.69, 9.17) is 17.2 Å². The zero-order valence-electron chi connectivity index (χ0n) is 21.0. The van der Waals surface area contributed by atoms with E-state index in [-0.39, 0.29) is 75.6 Å². The number of nitrogens with zero attached hydrogens (tertiary/aromatic N) is 4. The maximum atomic E-state index is 12.5. The van der Waals surface area contributed by atoms with E-state index in [1.807, 2.05) is 0 Å². The Hall–Kier alpha value is -2.64. The van der Waals surface area contributed by atoms with E-state index >= 15 is 0 Å². The van der Waals surface area contributed by atoms with Crippen molar-refractivity contribution in [3.05, 3.63) is 60.7 Å². The van der Waals surface area contributed by atoms with Crippen LogP contribution in [0.1, 0.15) is 0 Å². The molecule has 0 radical (unpaired) electrons. The van der Waals surface area contributed by atoms with Gasteiger partial charge in [0, 0.05) is 5.69 Å². The minimum absolute atomic E-state index is 0. The van der Waals surface area contributed by atoms with Gasteiger partial charge in [-0.25, -0.2) is 8.42 Å². The molecule has 0 aromatic heterocycles. The largest absolute Gasteiger partial charge is 1.00 e. The summed E-state index contributed by atoms with van der Waals surface area (Å²) in [5, 5.41) is 27.7. The zero-order chi connectivity index (χ0) is 27.8. The molecule has 0 aliphatic heterocycles. The predicted molar refractivity (Wildman–Crippen MR) is 136 cm³/mol. The topological polar surface area (TPSA) is 262 Å². The molecule has 18 heteroatoms. The van der Waals surface area contributed by atoms with Crippen LogP contribution in [0, 0.1) is 0 Å². The summed E-state index contributed by atoms with van der Waals surface area (Å²) in [5.74, 6) is -0.968. The van der Waals surface area contributed by atoms with Gasteiger partial charge in [-0.15, -0.1) is 10.2 Å². The van der Waals surface area contributed by atoms with E-state index in [0.717, 1.165) is 12.1 Å². The van der Waals surface area contributed by atoms with Crippen molar-refractivity contribution in [2.75, 3.05) is 17.2 Å². The van der Waals surface area contributed by atoms with Gasteiger partial charge in [0.05, 0.1) is 27.6 Å². The number of azo groups is 2. The molecule has 0 saturated heterocycles. The molecule has 0 unspecified atom stereocenters. The molecule has 0 aliphatic rings. The zero-order valence-corrected chi connectivity index (χ0v) is 26.6. The fourth-order valence-corrected chi connectivity index (χ4v) is 4.58. The molecule has 0 aliphatic carbocycles. The average molecular weight is 602 g/mol. The molecule has 4 aromatic rings. The van der Waals surface area contributed by atoms with Gasteiger partial charge in [-0.3, -0.25) is 4.55 Å². The van der Waals surface area contributed by atoms with Gasteiger partial charge in [-0.1, -0.05) is 11.8 Å². The molecule has 0 fully saturated rings. The van der Waals surface area contributed by atoms with Gasteiger partial charge in [0.25, 0.3) is 10.1 Å². The Bertz CT molecular complexity index is 1870. The molecule has 0 saturated carbocycles. The smallest absolute Gasteiger partial charge is 0.872 e. The Kier molecular flexibility index (Phi) is 10.8. The van der Waals surface area contributed by atoms with Crippen LogP contribution in [0.15, 0.2) is 90.9 Å². The van der Waals surface area contributed by atoms with Gasteiger partial charge in [-0.05, 0) is 65.4 Å². The number of benzene rings is 4. The van der Waals surface area contributed by atoms with Gasteiger partial charge in [0.1, 0.15) is 26.4 Å². The molecule has 0 heterocycles. The molecule has 196 valence electrons. The second-order valence-electron chi connectivity index (χ2n) is 7.82. The second-order valence-corrected chi connectivity index (χ2v) is 10.6. The fourth-order valence-electron chi connectivity index (χ4n) is 3.39. The maximum absolute atomic E-state index is 12.5. The Labute approximate surface area is 272 Å². The summed E-state index contributed by atoms with van der Waals surface area (Å²) in [6, 6.07) is 12.9. The van der Waals surface area contributed by atoms with E-state index in [0.29, 0.717) is 28.8 Å². The van der Waals surface area contributed by atoms with E-state index in [1.165, 1.54) is 30.3 Å². The minimum atomic E-state index is -5.03. The van der Waals surface area contributed by atoms with Crippen LogP contribution in [0.25, 0.3) is 10.8 Å². The van der Waals surface area contributed by atoms with E-state index in [9.17, 15) is 31.0 Å². The van der Waals surface area contributed by atoms with Crippen LogP contribution in [0.2, 0.25) is 0 Å². The first-order valence-corrected chi connectivity index (χ1v) is 13.2. The Morgan fingerprint density at radius 2 is 1.32 bits per heavy atom. The summed E-state index contributed by atoms with van der Waals surface area (Å²) < 4.78 is 67.7. The quantitative estimate of drug-likeness (QED) is 0.0791. The molecule has 0 amide bonds. The number of hydrogen-bond acceptors (Lipinski definition) is 13. The summed E-state index contributed by atoms with van der Waals surface area (Å²) in [6.45, 7) is 0. The van der Waals surface area contributed by atoms with Crippen LogP contribution in [0.5, 0.6) is 5.75 Å². The van der Waals surface area contributed by atoms with Gasteiger partial charge >= 0.3 is 59.1 Å². The number of nitrogens with two attached hydrogens (primary N) is 3. The molecule has 7 N–H and O–H groups in total. The van der Waals surface area contributed by atoms with Gasteiger partial charge in [0.15, 0.2) is 0 Å². The number of anilines is 3. The van der Waals surface area contributed by atoms with Crippen molar-refractivity contribution in [3.63, 3.8) is 0 Å². The summed E-state index contributed by atoms with van der Waals surface area (Å²) in [5.41, 5.74) is 18.3. The minimum Gasteiger partial charge on any atom is -0.872 e. The van der Waals surface area contributed by atoms with Crippen LogP contribution in [-0.4, -0.2) is 25.9 Å². The van der Waals surface area contributed by atoms with Crippen LogP contribution in [-0.2, 0) is 20.2 Å². The summed E-state index contributed by atoms with van der Waals surface area (Å²) in [7, 11) is -10.0. The first kappa shape index (κ1) is 33.6. The molecule has 14 nitrogen and oxygen atoms in total. The number of rotatable bonds is 6. The third kappa shape index (κ3) is 7.55. The van der Waals surface area contributed by atoms with Crippen molar-refractivity contribution in [1.82, 2.24) is 0 Å². The average Bonchev–Trinajstić information content (AvgIpc) is 2.82. The van der Waals surface area contributed by atoms with Crippen molar-refractivity contribution in [2.45, 2.75) is 9.79 Å². The van der Waals surface area contributed by atoms with Crippen molar-refractivity contribution < 1.29 is 90.2 Å². The normalized spacial score (nSPS) is 11.9. The number of nitrogen functional groups attached to an aromatic ring is 3. The molecule has 4 rings (SSSR count).